The molecule has 1 aliphatic heterocycles. The van der Waals surface area contributed by atoms with Crippen LogP contribution in [0.3, 0.4) is 0 Å². The number of likely N-dealkylation sites (tertiary alicyclic amines) is 1. The molecule has 2 rings (SSSR count). The van der Waals surface area contributed by atoms with Crippen molar-refractivity contribution in [3.63, 3.8) is 0 Å². The van der Waals surface area contributed by atoms with E-state index in [9.17, 15) is 5.11 Å². The number of benzene rings is 1. The molecule has 0 bridgehead atoms. The number of para-hydroxylation sites is 1. The lowest BCUT2D eigenvalue weighted by Crippen LogP contribution is -2.34. The van der Waals surface area contributed by atoms with E-state index < -0.39 is 0 Å². The topological polar surface area (TPSA) is 35.5 Å². The summed E-state index contributed by atoms with van der Waals surface area (Å²) in [6.07, 6.45) is 2.56. The number of rotatable bonds is 4. The van der Waals surface area contributed by atoms with Crippen LogP contribution in [0.15, 0.2) is 18.2 Å². The molecule has 0 unspecified atom stereocenters. The van der Waals surface area contributed by atoms with Gasteiger partial charge in [0.1, 0.15) is 5.75 Å². The van der Waals surface area contributed by atoms with Crippen LogP contribution < -0.4 is 5.32 Å². The van der Waals surface area contributed by atoms with E-state index in [-0.39, 0.29) is 0 Å². The van der Waals surface area contributed by atoms with Gasteiger partial charge >= 0.3 is 0 Å². The number of nitrogens with zero attached hydrogens (tertiary/aromatic N) is 1. The highest BCUT2D eigenvalue weighted by molar-refractivity contribution is 5.39. The van der Waals surface area contributed by atoms with Gasteiger partial charge in [0.05, 0.1) is 0 Å². The third-order valence-electron chi connectivity index (χ3n) is 3.91. The number of hydrogen-bond acceptors (Lipinski definition) is 3. The van der Waals surface area contributed by atoms with E-state index in [0.29, 0.717) is 5.75 Å². The van der Waals surface area contributed by atoms with Crippen molar-refractivity contribution in [3.05, 3.63) is 29.3 Å². The van der Waals surface area contributed by atoms with Crippen molar-refractivity contribution in [2.75, 3.05) is 26.7 Å². The van der Waals surface area contributed by atoms with Gasteiger partial charge in [0, 0.05) is 12.1 Å². The third-order valence-corrected chi connectivity index (χ3v) is 3.91. The predicted molar refractivity (Wildman–Crippen MR) is 74.8 cm³/mol. The first-order chi connectivity index (χ1) is 8.66. The standard InChI is InChI=1S/C15H24N2O/c1-12-4-3-5-14(15(12)18)11-16-10-13-6-8-17(2)9-7-13/h3-5,13,16,18H,6-11H2,1-2H3. The fourth-order valence-corrected chi connectivity index (χ4v) is 2.54. The molecular formula is C15H24N2O. The zero-order valence-corrected chi connectivity index (χ0v) is 11.4. The Hall–Kier alpha value is -1.06. The zero-order valence-electron chi connectivity index (χ0n) is 11.4. The Bertz CT molecular complexity index is 384. The molecule has 100 valence electrons. The summed E-state index contributed by atoms with van der Waals surface area (Å²) in [5.41, 5.74) is 1.96. The molecule has 0 radical (unpaired) electrons. The second-order valence-electron chi connectivity index (χ2n) is 5.46. The second-order valence-corrected chi connectivity index (χ2v) is 5.46. The Morgan fingerprint density at radius 1 is 1.33 bits per heavy atom. The van der Waals surface area contributed by atoms with Crippen LogP contribution in [0, 0.1) is 12.8 Å². The quantitative estimate of drug-likeness (QED) is 0.857. The van der Waals surface area contributed by atoms with Crippen molar-refractivity contribution in [2.45, 2.75) is 26.3 Å². The average molecular weight is 248 g/mol. The van der Waals surface area contributed by atoms with Crippen LogP contribution in [-0.2, 0) is 6.54 Å². The first-order valence-electron chi connectivity index (χ1n) is 6.83. The molecule has 1 aromatic rings. The van der Waals surface area contributed by atoms with E-state index >= 15 is 0 Å². The summed E-state index contributed by atoms with van der Waals surface area (Å²) in [7, 11) is 2.19. The highest BCUT2D eigenvalue weighted by Gasteiger charge is 2.16. The molecule has 0 spiro atoms. The van der Waals surface area contributed by atoms with Gasteiger partial charge in [-0.05, 0) is 57.9 Å². The van der Waals surface area contributed by atoms with Crippen molar-refractivity contribution in [1.29, 1.82) is 0 Å². The minimum atomic E-state index is 0.438. The van der Waals surface area contributed by atoms with Crippen molar-refractivity contribution >= 4 is 0 Å². The van der Waals surface area contributed by atoms with Crippen LogP contribution in [0.4, 0.5) is 0 Å². The number of phenols is 1. The van der Waals surface area contributed by atoms with E-state index in [2.05, 4.69) is 17.3 Å². The predicted octanol–water partition coefficient (Wildman–Crippen LogP) is 2.13. The molecule has 18 heavy (non-hydrogen) atoms. The van der Waals surface area contributed by atoms with Crippen LogP contribution in [-0.4, -0.2) is 36.7 Å². The Morgan fingerprint density at radius 3 is 2.78 bits per heavy atom. The van der Waals surface area contributed by atoms with E-state index in [0.717, 1.165) is 30.1 Å². The minimum Gasteiger partial charge on any atom is -0.507 e. The highest BCUT2D eigenvalue weighted by atomic mass is 16.3. The SMILES string of the molecule is Cc1cccc(CNCC2CCN(C)CC2)c1O. The van der Waals surface area contributed by atoms with Crippen molar-refractivity contribution in [3.8, 4) is 5.75 Å². The molecule has 3 nitrogen and oxygen atoms in total. The number of hydrogen-bond donors (Lipinski definition) is 2. The summed E-state index contributed by atoms with van der Waals surface area (Å²) >= 11 is 0. The van der Waals surface area contributed by atoms with Crippen LogP contribution >= 0.6 is 0 Å². The van der Waals surface area contributed by atoms with Crippen LogP contribution in [0.1, 0.15) is 24.0 Å². The first-order valence-corrected chi connectivity index (χ1v) is 6.83. The van der Waals surface area contributed by atoms with E-state index in [1.165, 1.54) is 25.9 Å². The molecule has 0 atom stereocenters. The van der Waals surface area contributed by atoms with Gasteiger partial charge in [-0.25, -0.2) is 0 Å². The number of piperidine rings is 1. The normalized spacial score (nSPS) is 18.1. The lowest BCUT2D eigenvalue weighted by atomic mass is 9.97. The maximum absolute atomic E-state index is 9.92. The molecule has 1 aliphatic rings. The lowest BCUT2D eigenvalue weighted by molar-refractivity contribution is 0.216. The van der Waals surface area contributed by atoms with Gasteiger partial charge < -0.3 is 15.3 Å². The average Bonchev–Trinajstić information content (AvgIpc) is 2.37. The minimum absolute atomic E-state index is 0.438. The lowest BCUT2D eigenvalue weighted by Gasteiger charge is -2.29. The highest BCUT2D eigenvalue weighted by Crippen LogP contribution is 2.21. The Morgan fingerprint density at radius 2 is 2.06 bits per heavy atom. The van der Waals surface area contributed by atoms with Crippen molar-refractivity contribution < 1.29 is 5.11 Å². The van der Waals surface area contributed by atoms with Crippen molar-refractivity contribution in [1.82, 2.24) is 10.2 Å². The smallest absolute Gasteiger partial charge is 0.122 e. The Labute approximate surface area is 110 Å². The second kappa shape index (κ2) is 6.21. The largest absolute Gasteiger partial charge is 0.507 e. The molecule has 1 aromatic carbocycles. The maximum Gasteiger partial charge on any atom is 0.122 e. The van der Waals surface area contributed by atoms with Gasteiger partial charge in [-0.15, -0.1) is 0 Å². The van der Waals surface area contributed by atoms with Crippen LogP contribution in [0.2, 0.25) is 0 Å². The van der Waals surface area contributed by atoms with Crippen LogP contribution in [0.5, 0.6) is 5.75 Å². The molecule has 2 N–H and O–H groups in total. The fourth-order valence-electron chi connectivity index (χ4n) is 2.54. The summed E-state index contributed by atoms with van der Waals surface area (Å²) in [6.45, 7) is 6.18. The maximum atomic E-state index is 9.92. The summed E-state index contributed by atoms with van der Waals surface area (Å²) in [5, 5.41) is 13.4. The first kappa shape index (κ1) is 13.4. The van der Waals surface area contributed by atoms with E-state index in [4.69, 9.17) is 0 Å². The van der Waals surface area contributed by atoms with Gasteiger partial charge in [-0.2, -0.15) is 0 Å². The molecule has 0 aliphatic carbocycles. The monoisotopic (exact) mass is 248 g/mol. The summed E-state index contributed by atoms with van der Waals surface area (Å²) in [6, 6.07) is 5.93. The molecule has 0 aromatic heterocycles. The Balaban J connectivity index is 1.77. The number of aryl methyl sites for hydroxylation is 1. The molecular weight excluding hydrogens is 224 g/mol. The molecule has 1 fully saturated rings. The fraction of sp³-hybridized carbons (Fsp3) is 0.600. The summed E-state index contributed by atoms with van der Waals surface area (Å²) in [5.74, 6) is 1.22. The van der Waals surface area contributed by atoms with Crippen molar-refractivity contribution in [2.24, 2.45) is 5.92 Å². The number of phenolic OH excluding ortho intramolecular Hbond substituents is 1. The molecule has 1 heterocycles. The molecule has 0 amide bonds. The van der Waals surface area contributed by atoms with Gasteiger partial charge in [0.2, 0.25) is 0 Å². The van der Waals surface area contributed by atoms with Gasteiger partial charge in [-0.3, -0.25) is 0 Å². The summed E-state index contributed by atoms with van der Waals surface area (Å²) in [4.78, 5) is 2.39. The van der Waals surface area contributed by atoms with Gasteiger partial charge in [-0.1, -0.05) is 18.2 Å². The summed E-state index contributed by atoms with van der Waals surface area (Å²) < 4.78 is 0. The van der Waals surface area contributed by atoms with Gasteiger partial charge in [0.15, 0.2) is 0 Å². The number of aromatic hydroxyl groups is 1. The van der Waals surface area contributed by atoms with Gasteiger partial charge in [0.25, 0.3) is 0 Å². The van der Waals surface area contributed by atoms with Crippen LogP contribution in [0.25, 0.3) is 0 Å². The molecule has 1 saturated heterocycles. The van der Waals surface area contributed by atoms with E-state index in [1.54, 1.807) is 0 Å². The Kier molecular flexibility index (Phi) is 4.61. The molecule has 0 saturated carbocycles. The number of nitrogens with one attached hydrogen (secondary N) is 1. The van der Waals surface area contributed by atoms with E-state index in [1.807, 2.05) is 25.1 Å². The third kappa shape index (κ3) is 3.47. The zero-order chi connectivity index (χ0) is 13.0. The molecule has 3 heteroatoms.